The van der Waals surface area contributed by atoms with Crippen LogP contribution in [0.4, 0.5) is 0 Å². The van der Waals surface area contributed by atoms with Crippen LogP contribution in [0.3, 0.4) is 0 Å². The average molecular weight is 368 g/mol. The van der Waals surface area contributed by atoms with Crippen molar-refractivity contribution in [2.24, 2.45) is 7.05 Å². The number of thiazole rings is 1. The van der Waals surface area contributed by atoms with E-state index >= 15 is 0 Å². The normalized spacial score (nSPS) is 10.5. The van der Waals surface area contributed by atoms with Gasteiger partial charge in [0.2, 0.25) is 0 Å². The second kappa shape index (κ2) is 7.97. The van der Waals surface area contributed by atoms with Gasteiger partial charge in [0.05, 0.1) is 13.3 Å². The number of aryl methyl sites for hydroxylation is 1. The van der Waals surface area contributed by atoms with Gasteiger partial charge in [-0.2, -0.15) is 5.10 Å². The highest BCUT2D eigenvalue weighted by atomic mass is 32.1. The molecule has 0 N–H and O–H groups in total. The summed E-state index contributed by atoms with van der Waals surface area (Å²) in [6, 6.07) is 7.67. The van der Waals surface area contributed by atoms with Gasteiger partial charge < -0.3 is 9.64 Å². The van der Waals surface area contributed by atoms with Crippen LogP contribution in [0.1, 0.15) is 16.1 Å². The molecule has 26 heavy (non-hydrogen) atoms. The van der Waals surface area contributed by atoms with E-state index in [9.17, 15) is 4.79 Å². The number of carbonyl (C=O) groups is 1. The first-order valence-corrected chi connectivity index (χ1v) is 8.96. The number of rotatable bonds is 7. The van der Waals surface area contributed by atoms with Gasteiger partial charge in [-0.25, -0.2) is 4.98 Å². The first-order chi connectivity index (χ1) is 12.6. The molecule has 0 unspecified atom stereocenters. The number of benzene rings is 1. The highest BCUT2D eigenvalue weighted by Gasteiger charge is 2.19. The van der Waals surface area contributed by atoms with Crippen LogP contribution in [0.15, 0.2) is 54.7 Å². The molecule has 1 amide bonds. The van der Waals surface area contributed by atoms with Crippen molar-refractivity contribution in [1.82, 2.24) is 19.7 Å². The van der Waals surface area contributed by atoms with Gasteiger partial charge in [0.1, 0.15) is 16.5 Å². The molecule has 0 aliphatic rings. The molecule has 3 rings (SSSR count). The highest BCUT2D eigenvalue weighted by Crippen LogP contribution is 2.24. The summed E-state index contributed by atoms with van der Waals surface area (Å²) >= 11 is 1.44. The van der Waals surface area contributed by atoms with Crippen molar-refractivity contribution in [3.63, 3.8) is 0 Å². The van der Waals surface area contributed by atoms with Crippen molar-refractivity contribution in [1.29, 1.82) is 0 Å². The fraction of sp³-hybridized carbons (Fsp3) is 0.211. The smallest absolute Gasteiger partial charge is 0.273 e. The molecule has 3 aromatic rings. The zero-order chi connectivity index (χ0) is 18.5. The number of hydrogen-bond donors (Lipinski definition) is 0. The molecule has 2 heterocycles. The average Bonchev–Trinajstić information content (AvgIpc) is 3.30. The summed E-state index contributed by atoms with van der Waals surface area (Å²) in [6.45, 7) is 4.69. The molecular formula is C19H20N4O2S. The maximum Gasteiger partial charge on any atom is 0.273 e. The number of methoxy groups -OCH3 is 1. The van der Waals surface area contributed by atoms with Gasteiger partial charge in [-0.3, -0.25) is 9.48 Å². The summed E-state index contributed by atoms with van der Waals surface area (Å²) in [5.74, 6) is 0.670. The molecule has 0 bridgehead atoms. The Morgan fingerprint density at radius 3 is 2.77 bits per heavy atom. The van der Waals surface area contributed by atoms with Crippen molar-refractivity contribution in [3.05, 3.63) is 66.0 Å². The number of nitrogens with zero attached hydrogens (tertiary/aromatic N) is 4. The van der Waals surface area contributed by atoms with Crippen molar-refractivity contribution in [2.45, 2.75) is 6.54 Å². The number of amides is 1. The van der Waals surface area contributed by atoms with Gasteiger partial charge in [-0.05, 0) is 17.7 Å². The fourth-order valence-electron chi connectivity index (χ4n) is 2.52. The van der Waals surface area contributed by atoms with Crippen molar-refractivity contribution >= 4 is 17.2 Å². The van der Waals surface area contributed by atoms with E-state index in [1.54, 1.807) is 34.3 Å². The molecule has 0 saturated carbocycles. The topological polar surface area (TPSA) is 60.2 Å². The van der Waals surface area contributed by atoms with Gasteiger partial charge >= 0.3 is 0 Å². The lowest BCUT2D eigenvalue weighted by atomic mass is 10.2. The minimum absolute atomic E-state index is 0.118. The fourth-order valence-corrected chi connectivity index (χ4v) is 3.29. The van der Waals surface area contributed by atoms with E-state index in [4.69, 9.17) is 4.74 Å². The Balaban J connectivity index is 1.77. The Bertz CT molecular complexity index is 898. The van der Waals surface area contributed by atoms with Crippen LogP contribution in [0.5, 0.6) is 5.75 Å². The van der Waals surface area contributed by atoms with Gasteiger partial charge in [-0.15, -0.1) is 17.9 Å². The van der Waals surface area contributed by atoms with Crippen LogP contribution >= 0.6 is 11.3 Å². The number of aromatic nitrogens is 3. The first-order valence-electron chi connectivity index (χ1n) is 8.08. The van der Waals surface area contributed by atoms with E-state index in [2.05, 4.69) is 16.7 Å². The monoisotopic (exact) mass is 368 g/mol. The molecule has 0 spiro atoms. The van der Waals surface area contributed by atoms with Gasteiger partial charge in [0.15, 0.2) is 0 Å². The molecule has 134 valence electrons. The van der Waals surface area contributed by atoms with Gasteiger partial charge in [0.25, 0.3) is 5.91 Å². The van der Waals surface area contributed by atoms with Gasteiger partial charge in [-0.1, -0.05) is 18.2 Å². The second-order valence-corrected chi connectivity index (χ2v) is 6.62. The molecule has 0 saturated heterocycles. The molecular weight excluding hydrogens is 348 g/mol. The van der Waals surface area contributed by atoms with E-state index in [0.29, 0.717) is 18.8 Å². The third-order valence-corrected chi connectivity index (χ3v) is 4.74. The SMILES string of the molecule is C=CCN(Cc1ccc(OC)cc1)C(=O)c1csc(-c2cnn(C)c2)n1. The van der Waals surface area contributed by atoms with E-state index < -0.39 is 0 Å². The van der Waals surface area contributed by atoms with Crippen molar-refractivity contribution in [2.75, 3.05) is 13.7 Å². The Morgan fingerprint density at radius 2 is 2.15 bits per heavy atom. The minimum Gasteiger partial charge on any atom is -0.497 e. The quantitative estimate of drug-likeness (QED) is 0.600. The van der Waals surface area contributed by atoms with Crippen LogP contribution < -0.4 is 4.74 Å². The summed E-state index contributed by atoms with van der Waals surface area (Å²) in [4.78, 5) is 19.1. The summed E-state index contributed by atoms with van der Waals surface area (Å²) in [5, 5.41) is 6.71. The predicted molar refractivity (Wildman–Crippen MR) is 102 cm³/mol. The number of hydrogen-bond acceptors (Lipinski definition) is 5. The molecule has 0 atom stereocenters. The maximum absolute atomic E-state index is 12.9. The highest BCUT2D eigenvalue weighted by molar-refractivity contribution is 7.13. The van der Waals surface area contributed by atoms with Crippen LogP contribution in [0.25, 0.3) is 10.6 Å². The van der Waals surface area contributed by atoms with Crippen LogP contribution in [-0.2, 0) is 13.6 Å². The third-order valence-electron chi connectivity index (χ3n) is 3.84. The standard InChI is InChI=1S/C19H20N4O2S/c1-4-9-23(11-14-5-7-16(25-3)8-6-14)19(24)17-13-26-18(21-17)15-10-20-22(2)12-15/h4-8,10,12-13H,1,9,11H2,2-3H3. The lowest BCUT2D eigenvalue weighted by Gasteiger charge is -2.20. The summed E-state index contributed by atoms with van der Waals surface area (Å²) < 4.78 is 6.89. The molecule has 0 aliphatic heterocycles. The molecule has 0 aliphatic carbocycles. The first kappa shape index (κ1) is 17.9. The van der Waals surface area contributed by atoms with Crippen LogP contribution in [0, 0.1) is 0 Å². The zero-order valence-corrected chi connectivity index (χ0v) is 15.6. The van der Waals surface area contributed by atoms with E-state index in [1.165, 1.54) is 11.3 Å². The lowest BCUT2D eigenvalue weighted by molar-refractivity contribution is 0.0757. The Morgan fingerprint density at radius 1 is 1.38 bits per heavy atom. The molecule has 7 heteroatoms. The van der Waals surface area contributed by atoms with Crippen molar-refractivity contribution in [3.8, 4) is 16.3 Å². The number of ether oxygens (including phenoxy) is 1. The molecule has 1 aromatic carbocycles. The Labute approximate surface area is 156 Å². The molecule has 2 aromatic heterocycles. The molecule has 0 fully saturated rings. The Hall–Kier alpha value is -2.93. The zero-order valence-electron chi connectivity index (χ0n) is 14.8. The van der Waals surface area contributed by atoms with Gasteiger partial charge in [0, 0.05) is 37.3 Å². The largest absolute Gasteiger partial charge is 0.497 e. The third kappa shape index (κ3) is 4.00. The van der Waals surface area contributed by atoms with E-state index in [0.717, 1.165) is 21.9 Å². The predicted octanol–water partition coefficient (Wildman–Crippen LogP) is 3.38. The second-order valence-electron chi connectivity index (χ2n) is 5.76. The Kier molecular flexibility index (Phi) is 5.48. The maximum atomic E-state index is 12.9. The molecule has 6 nitrogen and oxygen atoms in total. The molecule has 0 radical (unpaired) electrons. The minimum atomic E-state index is -0.118. The summed E-state index contributed by atoms with van der Waals surface area (Å²) in [6.07, 6.45) is 5.34. The van der Waals surface area contributed by atoms with Crippen LogP contribution in [-0.4, -0.2) is 39.2 Å². The van der Waals surface area contributed by atoms with E-state index in [1.807, 2.05) is 37.5 Å². The summed E-state index contributed by atoms with van der Waals surface area (Å²) in [7, 11) is 3.48. The lowest BCUT2D eigenvalue weighted by Crippen LogP contribution is -2.30. The van der Waals surface area contributed by atoms with E-state index in [-0.39, 0.29) is 5.91 Å². The van der Waals surface area contributed by atoms with Crippen LogP contribution in [0.2, 0.25) is 0 Å². The summed E-state index contributed by atoms with van der Waals surface area (Å²) in [5.41, 5.74) is 2.36. The van der Waals surface area contributed by atoms with Crippen molar-refractivity contribution < 1.29 is 9.53 Å². The number of carbonyl (C=O) groups excluding carboxylic acids is 1.